The van der Waals surface area contributed by atoms with Crippen LogP contribution in [0.4, 0.5) is 0 Å². The van der Waals surface area contributed by atoms with E-state index in [1.54, 1.807) is 18.7 Å². The Labute approximate surface area is 215 Å². The summed E-state index contributed by atoms with van der Waals surface area (Å²) in [5.74, 6) is 1.24. The Bertz CT molecular complexity index is 1610. The van der Waals surface area contributed by atoms with E-state index in [0.717, 1.165) is 22.5 Å². The van der Waals surface area contributed by atoms with Gasteiger partial charge in [0, 0.05) is 14.1 Å². The number of methoxy groups -OCH3 is 1. The Balaban J connectivity index is 1.89. The van der Waals surface area contributed by atoms with E-state index >= 15 is 0 Å². The van der Waals surface area contributed by atoms with Crippen molar-refractivity contribution in [2.45, 2.75) is 45.4 Å². The van der Waals surface area contributed by atoms with E-state index in [2.05, 4.69) is 18.4 Å². The zero-order valence-corrected chi connectivity index (χ0v) is 22.4. The molecule has 8 heteroatoms. The second-order valence-electron chi connectivity index (χ2n) is 10.4. The number of nitrogens with zero attached hydrogens (tertiary/aromatic N) is 3. The van der Waals surface area contributed by atoms with E-state index in [1.165, 1.54) is 11.6 Å². The molecular weight excluding hydrogens is 470 g/mol. The lowest BCUT2D eigenvalue weighted by atomic mass is 9.97. The lowest BCUT2D eigenvalue weighted by Gasteiger charge is -2.39. The summed E-state index contributed by atoms with van der Waals surface area (Å²) in [5.41, 5.74) is 2.68. The highest BCUT2D eigenvalue weighted by molar-refractivity contribution is 5.96. The first kappa shape index (κ1) is 24.9. The second kappa shape index (κ2) is 8.95. The van der Waals surface area contributed by atoms with Gasteiger partial charge < -0.3 is 18.8 Å². The van der Waals surface area contributed by atoms with E-state index in [-0.39, 0.29) is 17.4 Å². The number of rotatable bonds is 5. The summed E-state index contributed by atoms with van der Waals surface area (Å²) in [6, 6.07) is 15.6. The van der Waals surface area contributed by atoms with Gasteiger partial charge in [0.05, 0.1) is 47.7 Å². The molecule has 0 fully saturated rings. The van der Waals surface area contributed by atoms with Crippen molar-refractivity contribution >= 4 is 10.9 Å². The predicted octanol–water partition coefficient (Wildman–Crippen LogP) is 4.36. The van der Waals surface area contributed by atoms with Gasteiger partial charge in [0.2, 0.25) is 0 Å². The maximum Gasteiger partial charge on any atom is 0.331 e. The molecule has 1 aliphatic heterocycles. The Morgan fingerprint density at radius 1 is 1.00 bits per heavy atom. The molecule has 2 aromatic carbocycles. The first-order valence-electron chi connectivity index (χ1n) is 12.4. The quantitative estimate of drug-likeness (QED) is 0.405. The maximum atomic E-state index is 13.7. The van der Waals surface area contributed by atoms with Crippen LogP contribution in [0.5, 0.6) is 11.5 Å². The molecule has 37 heavy (non-hydrogen) atoms. The zero-order chi connectivity index (χ0) is 26.6. The summed E-state index contributed by atoms with van der Waals surface area (Å²) in [7, 11) is 4.83. The highest BCUT2D eigenvalue weighted by atomic mass is 16.5. The molecule has 1 aliphatic rings. The SMILES string of the molecule is COc1cc([C@H]2OCC(C)(C)n3c(-c4ccccc4)c4c(=O)n(C)c(=O)n(C)c4c32)ccc1OC(C)C. The molecule has 194 valence electrons. The fourth-order valence-electron chi connectivity index (χ4n) is 5.32. The van der Waals surface area contributed by atoms with Crippen molar-refractivity contribution in [3.63, 3.8) is 0 Å². The summed E-state index contributed by atoms with van der Waals surface area (Å²) < 4.78 is 23.0. The van der Waals surface area contributed by atoms with Crippen LogP contribution in [0.2, 0.25) is 0 Å². The van der Waals surface area contributed by atoms with Crippen molar-refractivity contribution in [2.75, 3.05) is 13.7 Å². The molecule has 0 spiro atoms. The molecule has 3 heterocycles. The minimum absolute atomic E-state index is 0.00757. The van der Waals surface area contributed by atoms with Gasteiger partial charge in [-0.3, -0.25) is 13.9 Å². The number of benzene rings is 2. The number of fused-ring (bicyclic) bond motifs is 3. The van der Waals surface area contributed by atoms with Gasteiger partial charge in [-0.15, -0.1) is 0 Å². The molecular formula is C29H33N3O5. The Morgan fingerprint density at radius 2 is 1.70 bits per heavy atom. The Hall–Kier alpha value is -3.78. The third-order valence-corrected chi connectivity index (χ3v) is 6.97. The lowest BCUT2D eigenvalue weighted by molar-refractivity contribution is -0.00717. The molecule has 0 N–H and O–H groups in total. The molecule has 2 aromatic heterocycles. The van der Waals surface area contributed by atoms with E-state index in [1.807, 2.05) is 62.4 Å². The smallest absolute Gasteiger partial charge is 0.331 e. The van der Waals surface area contributed by atoms with Crippen LogP contribution in [0.15, 0.2) is 58.1 Å². The molecule has 0 unspecified atom stereocenters. The second-order valence-corrected chi connectivity index (χ2v) is 10.4. The molecule has 8 nitrogen and oxygen atoms in total. The van der Waals surface area contributed by atoms with Crippen LogP contribution >= 0.6 is 0 Å². The molecule has 1 atom stereocenters. The van der Waals surface area contributed by atoms with Crippen molar-refractivity contribution < 1.29 is 14.2 Å². The van der Waals surface area contributed by atoms with Gasteiger partial charge in [-0.05, 0) is 51.0 Å². The standard InChI is InChI=1S/C29H33N3O5/c1-17(2)37-20-14-13-19(15-21(20)35-7)26-25-24-22(27(33)31(6)28(34)30(24)5)23(18-11-9-8-10-12-18)32(25)29(3,4)16-36-26/h8-15,17,26H,16H2,1-7H3/t26-/m1/s1. The van der Waals surface area contributed by atoms with Crippen molar-refractivity contribution in [1.82, 2.24) is 13.7 Å². The topological polar surface area (TPSA) is 76.6 Å². The van der Waals surface area contributed by atoms with Crippen molar-refractivity contribution in [1.29, 1.82) is 0 Å². The molecule has 5 rings (SSSR count). The fraction of sp³-hybridized carbons (Fsp3) is 0.379. The highest BCUT2D eigenvalue weighted by Crippen LogP contribution is 2.46. The molecule has 4 aromatic rings. The van der Waals surface area contributed by atoms with Gasteiger partial charge in [-0.1, -0.05) is 36.4 Å². The van der Waals surface area contributed by atoms with Crippen molar-refractivity contribution in [3.05, 3.63) is 80.6 Å². The largest absolute Gasteiger partial charge is 0.493 e. The molecule has 0 bridgehead atoms. The van der Waals surface area contributed by atoms with Gasteiger partial charge in [-0.25, -0.2) is 4.79 Å². The number of hydrogen-bond acceptors (Lipinski definition) is 5. The highest BCUT2D eigenvalue weighted by Gasteiger charge is 2.40. The molecule has 0 aliphatic carbocycles. The minimum Gasteiger partial charge on any atom is -0.493 e. The van der Waals surface area contributed by atoms with E-state index in [4.69, 9.17) is 14.2 Å². The Kier molecular flexibility index (Phi) is 6.02. The van der Waals surface area contributed by atoms with E-state index in [9.17, 15) is 9.59 Å². The third-order valence-electron chi connectivity index (χ3n) is 6.97. The van der Waals surface area contributed by atoms with Crippen molar-refractivity contribution in [2.24, 2.45) is 14.1 Å². The number of ether oxygens (including phenoxy) is 3. The summed E-state index contributed by atoms with van der Waals surface area (Å²) in [5, 5.41) is 0.501. The molecule has 0 saturated heterocycles. The van der Waals surface area contributed by atoms with Gasteiger partial charge in [0.25, 0.3) is 5.56 Å². The number of aryl methyl sites for hydroxylation is 1. The monoisotopic (exact) mass is 503 g/mol. The van der Waals surface area contributed by atoms with Gasteiger partial charge >= 0.3 is 5.69 Å². The van der Waals surface area contributed by atoms with Crippen LogP contribution in [-0.2, 0) is 24.4 Å². The Morgan fingerprint density at radius 3 is 2.35 bits per heavy atom. The first-order chi connectivity index (χ1) is 17.6. The van der Waals surface area contributed by atoms with Crippen LogP contribution in [-0.4, -0.2) is 33.5 Å². The van der Waals surface area contributed by atoms with Gasteiger partial charge in [-0.2, -0.15) is 0 Å². The number of aromatic nitrogens is 3. The average molecular weight is 504 g/mol. The third kappa shape index (κ3) is 3.87. The van der Waals surface area contributed by atoms with E-state index < -0.39 is 11.6 Å². The van der Waals surface area contributed by atoms with Crippen LogP contribution in [0, 0.1) is 0 Å². The average Bonchev–Trinajstić information content (AvgIpc) is 3.24. The van der Waals surface area contributed by atoms with Gasteiger partial charge in [0.1, 0.15) is 6.10 Å². The van der Waals surface area contributed by atoms with Crippen LogP contribution in [0.3, 0.4) is 0 Å². The first-order valence-corrected chi connectivity index (χ1v) is 12.4. The van der Waals surface area contributed by atoms with Crippen LogP contribution in [0.25, 0.3) is 22.2 Å². The van der Waals surface area contributed by atoms with Crippen LogP contribution in [0.1, 0.15) is 45.1 Å². The minimum atomic E-state index is -0.535. The summed E-state index contributed by atoms with van der Waals surface area (Å²) in [6.45, 7) is 8.50. The maximum absolute atomic E-state index is 13.7. The fourth-order valence-corrected chi connectivity index (χ4v) is 5.32. The van der Waals surface area contributed by atoms with Crippen LogP contribution < -0.4 is 20.7 Å². The van der Waals surface area contributed by atoms with Crippen molar-refractivity contribution in [3.8, 4) is 22.8 Å². The van der Waals surface area contributed by atoms with Gasteiger partial charge in [0.15, 0.2) is 11.5 Å². The predicted molar refractivity (Wildman–Crippen MR) is 144 cm³/mol. The summed E-state index contributed by atoms with van der Waals surface area (Å²) in [4.78, 5) is 26.8. The van der Waals surface area contributed by atoms with E-state index in [0.29, 0.717) is 29.0 Å². The molecule has 0 saturated carbocycles. The molecule has 0 amide bonds. The lowest BCUT2D eigenvalue weighted by Crippen LogP contribution is -2.40. The summed E-state index contributed by atoms with van der Waals surface area (Å²) in [6.07, 6.45) is -0.542. The zero-order valence-electron chi connectivity index (χ0n) is 22.4. The normalized spacial score (nSPS) is 16.7. The molecule has 0 radical (unpaired) electrons. The summed E-state index contributed by atoms with van der Waals surface area (Å²) >= 11 is 0. The number of hydrogen-bond donors (Lipinski definition) is 0.